The quantitative estimate of drug-likeness (QED) is 0.119. The lowest BCUT2D eigenvalue weighted by atomic mass is 9.77. The summed E-state index contributed by atoms with van der Waals surface area (Å²) in [4.78, 5) is 0. The molecule has 0 atom stereocenters. The third-order valence-electron chi connectivity index (χ3n) is 18.3. The van der Waals surface area contributed by atoms with E-state index in [1.54, 1.807) is 0 Å². The SMILES string of the molecule is C=CC1=C(/C=C\C)c2ccc(-c3c4ccccc4c(-c4ccc5c(c4)C(C)(C)c4ccccc4-5)c4cc5c(cc34)-c3ccc(-c4ccc6c7cccc8cccc(c9cccc4c96)c87)cc3C5(C)C)cc2C1(C)C. The fourth-order valence-corrected chi connectivity index (χ4v) is 14.7. The predicted molar refractivity (Wildman–Crippen MR) is 319 cm³/mol. The van der Waals surface area contributed by atoms with E-state index in [2.05, 4.69) is 255 Å². The topological polar surface area (TPSA) is 0 Å². The third kappa shape index (κ3) is 5.53. The smallest absolute Gasteiger partial charge is 0.0159 e. The molecule has 0 spiro atoms. The van der Waals surface area contributed by atoms with Crippen molar-refractivity contribution in [1.29, 1.82) is 0 Å². The van der Waals surface area contributed by atoms with Crippen LogP contribution in [0.5, 0.6) is 0 Å². The van der Waals surface area contributed by atoms with E-state index in [9.17, 15) is 0 Å². The number of hydrogen-bond donors (Lipinski definition) is 0. The highest BCUT2D eigenvalue weighted by Gasteiger charge is 2.40. The highest BCUT2D eigenvalue weighted by atomic mass is 14.4. The largest absolute Gasteiger partial charge is 0.0987 e. The van der Waals surface area contributed by atoms with Crippen LogP contribution in [0.3, 0.4) is 0 Å². The molecule has 0 radical (unpaired) electrons. The van der Waals surface area contributed by atoms with Crippen LogP contribution in [0.4, 0.5) is 0 Å². The number of allylic oxidation sites excluding steroid dienone is 5. The van der Waals surface area contributed by atoms with Crippen LogP contribution in [0.2, 0.25) is 0 Å². The molecule has 0 nitrogen and oxygen atoms in total. The van der Waals surface area contributed by atoms with E-state index in [4.69, 9.17) is 0 Å². The summed E-state index contributed by atoms with van der Waals surface area (Å²) in [6.45, 7) is 20.9. The Morgan fingerprint density at radius 1 is 0.338 bits per heavy atom. The van der Waals surface area contributed by atoms with Crippen LogP contribution < -0.4 is 0 Å². The van der Waals surface area contributed by atoms with Crippen molar-refractivity contribution in [2.45, 2.75) is 64.7 Å². The second-order valence-corrected chi connectivity index (χ2v) is 23.1. The first kappa shape index (κ1) is 43.3. The number of hydrogen-bond acceptors (Lipinski definition) is 0. The molecule has 12 aromatic carbocycles. The van der Waals surface area contributed by atoms with Crippen LogP contribution in [-0.4, -0.2) is 0 Å². The van der Waals surface area contributed by atoms with Crippen molar-refractivity contribution in [3.8, 4) is 55.6 Å². The summed E-state index contributed by atoms with van der Waals surface area (Å²) >= 11 is 0. The van der Waals surface area contributed by atoms with Crippen LogP contribution in [0.25, 0.3) is 126 Å². The zero-order chi connectivity index (χ0) is 50.2. The van der Waals surface area contributed by atoms with Crippen LogP contribution >= 0.6 is 0 Å². The van der Waals surface area contributed by atoms with Crippen molar-refractivity contribution in [3.63, 3.8) is 0 Å². The van der Waals surface area contributed by atoms with E-state index in [1.807, 2.05) is 0 Å². The van der Waals surface area contributed by atoms with Crippen molar-refractivity contribution in [1.82, 2.24) is 0 Å². The molecule has 0 amide bonds. The van der Waals surface area contributed by atoms with E-state index in [0.29, 0.717) is 0 Å². The summed E-state index contributed by atoms with van der Waals surface area (Å²) < 4.78 is 0. The van der Waals surface area contributed by atoms with Crippen LogP contribution in [0.15, 0.2) is 212 Å². The molecule has 0 heteroatoms. The Labute approximate surface area is 434 Å². The first-order chi connectivity index (χ1) is 35.9. The van der Waals surface area contributed by atoms with E-state index in [0.717, 1.165) is 0 Å². The molecular formula is C74H56. The van der Waals surface area contributed by atoms with Gasteiger partial charge in [-0.1, -0.05) is 218 Å². The molecule has 3 aliphatic rings. The predicted octanol–water partition coefficient (Wildman–Crippen LogP) is 20.5. The van der Waals surface area contributed by atoms with Gasteiger partial charge in [-0.25, -0.2) is 0 Å². The summed E-state index contributed by atoms with van der Waals surface area (Å²) in [6, 6.07) is 70.5. The van der Waals surface area contributed by atoms with Gasteiger partial charge in [-0.3, -0.25) is 0 Å². The van der Waals surface area contributed by atoms with Crippen molar-refractivity contribution < 1.29 is 0 Å². The Morgan fingerprint density at radius 3 is 1.49 bits per heavy atom. The van der Waals surface area contributed by atoms with Crippen molar-refractivity contribution in [3.05, 3.63) is 246 Å². The maximum atomic E-state index is 4.33. The molecular weight excluding hydrogens is 889 g/mol. The zero-order valence-corrected chi connectivity index (χ0v) is 43.3. The van der Waals surface area contributed by atoms with Crippen molar-refractivity contribution in [2.75, 3.05) is 0 Å². The molecule has 12 aromatic rings. The van der Waals surface area contributed by atoms with E-state index in [-0.39, 0.29) is 16.2 Å². The number of fused-ring (bicyclic) bond motifs is 11. The maximum Gasteiger partial charge on any atom is 0.0159 e. The first-order valence-corrected chi connectivity index (χ1v) is 26.6. The van der Waals surface area contributed by atoms with Gasteiger partial charge >= 0.3 is 0 Å². The van der Waals surface area contributed by atoms with Gasteiger partial charge in [-0.15, -0.1) is 0 Å². The minimum absolute atomic E-state index is 0.125. The molecule has 74 heavy (non-hydrogen) atoms. The minimum atomic E-state index is -0.270. The molecule has 0 fully saturated rings. The van der Waals surface area contributed by atoms with Gasteiger partial charge in [-0.05, 0) is 202 Å². The van der Waals surface area contributed by atoms with Crippen LogP contribution in [-0.2, 0) is 16.2 Å². The second kappa shape index (κ2) is 14.9. The molecule has 0 saturated carbocycles. The number of rotatable bonds is 5. The standard InChI is InChI=1S/C74H56/c1-9-18-47-49-33-30-44(38-65(49)72(3,4)62(47)10-2)69-53-22-11-12-23-54(53)70(45-31-34-50-48-21-13-14-28-63(48)73(5,6)66(50)39-45)61-41-67-59(40-60(61)69)51-32-29-43(37-64(51)74(67,7)8)46-35-36-58-56-25-16-20-42-19-15-24-55(68(42)56)57-27-17-26-52(46)71(57)58/h9-41H,2H2,1,3-8H3/b18-9-. The minimum Gasteiger partial charge on any atom is -0.0987 e. The Hall–Kier alpha value is -8.32. The molecule has 3 aliphatic carbocycles. The van der Waals surface area contributed by atoms with Gasteiger partial charge in [0.2, 0.25) is 0 Å². The first-order valence-electron chi connectivity index (χ1n) is 26.6. The average Bonchev–Trinajstić information content (AvgIpc) is 3.98. The van der Waals surface area contributed by atoms with E-state index < -0.39 is 0 Å². The van der Waals surface area contributed by atoms with Gasteiger partial charge in [0.15, 0.2) is 0 Å². The summed E-state index contributed by atoms with van der Waals surface area (Å²) in [5, 5.41) is 15.7. The van der Waals surface area contributed by atoms with Gasteiger partial charge in [-0.2, -0.15) is 0 Å². The molecule has 15 rings (SSSR count). The third-order valence-corrected chi connectivity index (χ3v) is 18.3. The van der Waals surface area contributed by atoms with Crippen molar-refractivity contribution in [2.24, 2.45) is 0 Å². The average molecular weight is 945 g/mol. The molecule has 0 N–H and O–H groups in total. The summed E-state index contributed by atoms with van der Waals surface area (Å²) in [5.41, 5.74) is 23.1. The van der Waals surface area contributed by atoms with Gasteiger partial charge < -0.3 is 0 Å². The lowest BCUT2D eigenvalue weighted by molar-refractivity contribution is 0.655. The molecule has 352 valence electrons. The number of benzene rings is 12. The molecule has 0 heterocycles. The van der Waals surface area contributed by atoms with E-state index in [1.165, 1.54) is 165 Å². The van der Waals surface area contributed by atoms with Crippen LogP contribution in [0, 0.1) is 0 Å². The Kier molecular flexibility index (Phi) is 8.71. The molecule has 0 aliphatic heterocycles. The van der Waals surface area contributed by atoms with Crippen molar-refractivity contribution >= 4 is 70.2 Å². The molecule has 0 saturated heterocycles. The Bertz CT molecular complexity index is 4530. The highest BCUT2D eigenvalue weighted by molar-refractivity contribution is 6.34. The molecule has 0 unspecified atom stereocenters. The molecule has 0 aromatic heterocycles. The lowest BCUT2D eigenvalue weighted by Crippen LogP contribution is -2.16. The van der Waals surface area contributed by atoms with Gasteiger partial charge in [0, 0.05) is 16.2 Å². The Balaban J connectivity index is 0.980. The fourth-order valence-electron chi connectivity index (χ4n) is 14.7. The highest BCUT2D eigenvalue weighted by Crippen LogP contribution is 2.57. The van der Waals surface area contributed by atoms with E-state index >= 15 is 0 Å². The van der Waals surface area contributed by atoms with Gasteiger partial charge in [0.25, 0.3) is 0 Å². The van der Waals surface area contributed by atoms with Gasteiger partial charge in [0.05, 0.1) is 0 Å². The van der Waals surface area contributed by atoms with Crippen LogP contribution in [0.1, 0.15) is 81.8 Å². The fraction of sp³-hybridized carbons (Fsp3) is 0.135. The monoisotopic (exact) mass is 944 g/mol. The summed E-state index contributed by atoms with van der Waals surface area (Å²) in [7, 11) is 0. The summed E-state index contributed by atoms with van der Waals surface area (Å²) in [6.07, 6.45) is 6.50. The lowest BCUT2D eigenvalue weighted by Gasteiger charge is -2.26. The maximum absolute atomic E-state index is 4.33. The van der Waals surface area contributed by atoms with Gasteiger partial charge in [0.1, 0.15) is 0 Å². The Morgan fingerprint density at radius 2 is 0.811 bits per heavy atom. The summed E-state index contributed by atoms with van der Waals surface area (Å²) in [5.74, 6) is 0. The molecule has 0 bridgehead atoms. The second-order valence-electron chi connectivity index (χ2n) is 23.1. The normalized spacial score (nSPS) is 15.8. The zero-order valence-electron chi connectivity index (χ0n) is 43.3.